The van der Waals surface area contributed by atoms with Gasteiger partial charge >= 0.3 is 0 Å². The molecule has 1 aliphatic heterocycles. The van der Waals surface area contributed by atoms with Crippen molar-refractivity contribution in [3.05, 3.63) is 51.8 Å². The maximum atomic E-state index is 13.0. The number of hydrogen-bond acceptors (Lipinski definition) is 4. The number of nitrogens with one attached hydrogen (secondary N) is 2. The predicted molar refractivity (Wildman–Crippen MR) is 106 cm³/mol. The van der Waals surface area contributed by atoms with Crippen LogP contribution in [0.25, 0.3) is 21.7 Å². The number of sulfonamides is 1. The van der Waals surface area contributed by atoms with Gasteiger partial charge in [0.15, 0.2) is 0 Å². The Morgan fingerprint density at radius 3 is 2.70 bits per heavy atom. The second-order valence-corrected chi connectivity index (χ2v) is 9.12. The quantitative estimate of drug-likeness (QED) is 0.516. The molecule has 0 atom stereocenters. The number of benzene rings is 2. The van der Waals surface area contributed by atoms with Crippen molar-refractivity contribution in [2.24, 2.45) is 0 Å². The SMILES string of the molecule is O=c1[nH]c2ccc(S(=O)(=O)NCCN3CCCC3)c3c2c2c(cccc12)C3. The van der Waals surface area contributed by atoms with E-state index in [1.165, 1.54) is 12.8 Å². The lowest BCUT2D eigenvalue weighted by Crippen LogP contribution is -2.33. The summed E-state index contributed by atoms with van der Waals surface area (Å²) in [5, 5.41) is 2.37. The zero-order chi connectivity index (χ0) is 18.6. The first-order valence-electron chi connectivity index (χ1n) is 9.36. The van der Waals surface area contributed by atoms with Crippen molar-refractivity contribution in [1.29, 1.82) is 0 Å². The molecule has 7 heteroatoms. The van der Waals surface area contributed by atoms with Gasteiger partial charge in [0.05, 0.1) is 4.90 Å². The Hall–Kier alpha value is -2.22. The van der Waals surface area contributed by atoms with E-state index in [9.17, 15) is 13.2 Å². The van der Waals surface area contributed by atoms with E-state index in [-0.39, 0.29) is 5.56 Å². The van der Waals surface area contributed by atoms with Crippen LogP contribution >= 0.6 is 0 Å². The van der Waals surface area contributed by atoms with Crippen LogP contribution in [0.4, 0.5) is 0 Å². The van der Waals surface area contributed by atoms with Crippen LogP contribution in [0.3, 0.4) is 0 Å². The van der Waals surface area contributed by atoms with Gasteiger partial charge in [0, 0.05) is 41.2 Å². The third kappa shape index (κ3) is 2.69. The normalized spacial score (nSPS) is 16.9. The zero-order valence-electron chi connectivity index (χ0n) is 14.9. The van der Waals surface area contributed by atoms with E-state index in [1.54, 1.807) is 18.2 Å². The van der Waals surface area contributed by atoms with Gasteiger partial charge in [-0.2, -0.15) is 0 Å². The molecule has 5 rings (SSSR count). The molecular formula is C20H21N3O3S. The Balaban J connectivity index is 1.55. The van der Waals surface area contributed by atoms with Crippen molar-refractivity contribution < 1.29 is 8.42 Å². The fourth-order valence-electron chi connectivity index (χ4n) is 4.48. The first-order chi connectivity index (χ1) is 13.0. The number of H-pyrrole nitrogens is 1. The molecule has 6 nitrogen and oxygen atoms in total. The highest BCUT2D eigenvalue weighted by Gasteiger charge is 2.27. The Morgan fingerprint density at radius 1 is 1.07 bits per heavy atom. The van der Waals surface area contributed by atoms with Crippen LogP contribution in [0.5, 0.6) is 0 Å². The topological polar surface area (TPSA) is 82.3 Å². The maximum absolute atomic E-state index is 13.0. The Morgan fingerprint density at radius 2 is 1.89 bits per heavy atom. The van der Waals surface area contributed by atoms with E-state index in [0.717, 1.165) is 41.5 Å². The van der Waals surface area contributed by atoms with Crippen LogP contribution in [-0.2, 0) is 16.4 Å². The molecule has 2 heterocycles. The Kier molecular flexibility index (Phi) is 3.86. The summed E-state index contributed by atoms with van der Waals surface area (Å²) in [6.45, 7) is 3.24. The van der Waals surface area contributed by atoms with Crippen molar-refractivity contribution >= 4 is 31.7 Å². The van der Waals surface area contributed by atoms with Crippen molar-refractivity contribution in [1.82, 2.24) is 14.6 Å². The predicted octanol–water partition coefficient (Wildman–Crippen LogP) is 1.96. The summed E-state index contributed by atoms with van der Waals surface area (Å²) in [5.41, 5.74) is 2.36. The molecule has 0 spiro atoms. The van der Waals surface area contributed by atoms with Crippen molar-refractivity contribution in [2.45, 2.75) is 24.2 Å². The number of hydrogen-bond donors (Lipinski definition) is 2. The summed E-state index contributed by atoms with van der Waals surface area (Å²) in [6.07, 6.45) is 2.91. The van der Waals surface area contributed by atoms with Crippen molar-refractivity contribution in [3.63, 3.8) is 0 Å². The maximum Gasteiger partial charge on any atom is 0.256 e. The molecule has 2 aliphatic rings. The molecule has 2 N–H and O–H groups in total. The summed E-state index contributed by atoms with van der Waals surface area (Å²) in [5.74, 6) is 0. The first-order valence-corrected chi connectivity index (χ1v) is 10.8. The van der Waals surface area contributed by atoms with Gasteiger partial charge in [0.1, 0.15) is 0 Å². The molecule has 1 aliphatic carbocycles. The summed E-state index contributed by atoms with van der Waals surface area (Å²) >= 11 is 0. The van der Waals surface area contributed by atoms with Crippen LogP contribution in [0.2, 0.25) is 0 Å². The van der Waals surface area contributed by atoms with Crippen LogP contribution < -0.4 is 10.3 Å². The Labute approximate surface area is 157 Å². The largest absolute Gasteiger partial charge is 0.321 e. The summed E-state index contributed by atoms with van der Waals surface area (Å²) in [6, 6.07) is 8.94. The van der Waals surface area contributed by atoms with Crippen LogP contribution in [0.15, 0.2) is 40.0 Å². The highest BCUT2D eigenvalue weighted by Crippen LogP contribution is 2.38. The summed E-state index contributed by atoms with van der Waals surface area (Å²) in [7, 11) is -3.60. The summed E-state index contributed by atoms with van der Waals surface area (Å²) < 4.78 is 28.7. The van der Waals surface area contributed by atoms with E-state index in [0.29, 0.717) is 28.8 Å². The third-order valence-electron chi connectivity index (χ3n) is 5.74. The molecule has 0 saturated carbocycles. The molecule has 0 unspecified atom stereocenters. The van der Waals surface area contributed by atoms with Gasteiger partial charge in [-0.1, -0.05) is 12.1 Å². The lowest BCUT2D eigenvalue weighted by atomic mass is 10.1. The van der Waals surface area contributed by atoms with E-state index in [4.69, 9.17) is 0 Å². The second kappa shape index (κ2) is 6.15. The minimum Gasteiger partial charge on any atom is -0.321 e. The van der Waals surface area contributed by atoms with Crippen LogP contribution in [0, 0.1) is 0 Å². The fraction of sp³-hybridized carbons (Fsp3) is 0.350. The molecule has 1 fully saturated rings. The molecule has 27 heavy (non-hydrogen) atoms. The second-order valence-electron chi connectivity index (χ2n) is 7.38. The molecule has 0 bridgehead atoms. The lowest BCUT2D eigenvalue weighted by molar-refractivity contribution is 0.344. The third-order valence-corrected chi connectivity index (χ3v) is 7.28. The monoisotopic (exact) mass is 383 g/mol. The number of pyridine rings is 1. The van der Waals surface area contributed by atoms with Crippen molar-refractivity contribution in [3.8, 4) is 0 Å². The molecule has 140 valence electrons. The zero-order valence-corrected chi connectivity index (χ0v) is 15.7. The molecule has 1 aromatic heterocycles. The van der Waals surface area contributed by atoms with Gasteiger partial charge in [0.25, 0.3) is 5.56 Å². The van der Waals surface area contributed by atoms with Gasteiger partial charge in [-0.15, -0.1) is 0 Å². The van der Waals surface area contributed by atoms with Gasteiger partial charge in [-0.05, 0) is 55.3 Å². The van der Waals surface area contributed by atoms with Gasteiger partial charge in [-0.25, -0.2) is 13.1 Å². The van der Waals surface area contributed by atoms with Crippen LogP contribution in [0.1, 0.15) is 24.0 Å². The molecule has 1 saturated heterocycles. The minimum atomic E-state index is -3.60. The molecular weight excluding hydrogens is 362 g/mol. The van der Waals surface area contributed by atoms with Gasteiger partial charge in [0.2, 0.25) is 10.0 Å². The number of nitrogens with zero attached hydrogens (tertiary/aromatic N) is 1. The molecule has 0 radical (unpaired) electrons. The highest BCUT2D eigenvalue weighted by molar-refractivity contribution is 7.89. The van der Waals surface area contributed by atoms with E-state index >= 15 is 0 Å². The lowest BCUT2D eigenvalue weighted by Gasteiger charge is -2.16. The smallest absolute Gasteiger partial charge is 0.256 e. The standard InChI is InChI=1S/C20H21N3O3S/c24-20-14-5-3-4-13-12-15-17(7-6-16(22-20)19(15)18(13)14)27(25,26)21-8-11-23-9-1-2-10-23/h3-7,21H,1-2,8-12H2,(H,22,24). The molecule has 0 amide bonds. The van der Waals surface area contributed by atoms with Crippen LogP contribution in [-0.4, -0.2) is 44.5 Å². The van der Waals surface area contributed by atoms with E-state index in [1.807, 2.05) is 12.1 Å². The number of rotatable bonds is 5. The average molecular weight is 383 g/mol. The number of aromatic amines is 1. The highest BCUT2D eigenvalue weighted by atomic mass is 32.2. The van der Waals surface area contributed by atoms with Gasteiger partial charge in [-0.3, -0.25) is 4.79 Å². The van der Waals surface area contributed by atoms with E-state index in [2.05, 4.69) is 14.6 Å². The Bertz CT molecular complexity index is 1220. The van der Waals surface area contributed by atoms with E-state index < -0.39 is 10.0 Å². The average Bonchev–Trinajstić information content (AvgIpc) is 3.28. The summed E-state index contributed by atoms with van der Waals surface area (Å²) in [4.78, 5) is 17.8. The van der Waals surface area contributed by atoms with Crippen molar-refractivity contribution in [2.75, 3.05) is 26.2 Å². The van der Waals surface area contributed by atoms with Gasteiger partial charge < -0.3 is 9.88 Å². The molecule has 2 aromatic carbocycles. The first kappa shape index (κ1) is 16.9. The minimum absolute atomic E-state index is 0.133. The fourth-order valence-corrected chi connectivity index (χ4v) is 5.74. The number of likely N-dealkylation sites (tertiary alicyclic amines) is 1. The number of aromatic nitrogens is 1. The molecule has 3 aromatic rings.